The lowest BCUT2D eigenvalue weighted by atomic mass is 9.89. The van der Waals surface area contributed by atoms with Crippen molar-refractivity contribution in [1.29, 1.82) is 0 Å². The van der Waals surface area contributed by atoms with Crippen LogP contribution in [0.5, 0.6) is 11.5 Å². The number of rotatable bonds is 3. The summed E-state index contributed by atoms with van der Waals surface area (Å²) in [6, 6.07) is 17.0. The molecule has 1 aliphatic rings. The molecule has 0 radical (unpaired) electrons. The molecule has 1 aliphatic carbocycles. The second kappa shape index (κ2) is 6.21. The molecule has 0 fully saturated rings. The smallest absolute Gasteiger partial charge is 0.164 e. The van der Waals surface area contributed by atoms with Gasteiger partial charge >= 0.3 is 0 Å². The predicted octanol–water partition coefficient (Wildman–Crippen LogP) is 6.03. The third-order valence-corrected chi connectivity index (χ3v) is 5.17. The van der Waals surface area contributed by atoms with Gasteiger partial charge in [-0.05, 0) is 79.1 Å². The topological polar surface area (TPSA) is 29.5 Å². The molecule has 1 N–H and O–H groups in total. The molecule has 26 heavy (non-hydrogen) atoms. The molecule has 0 atom stereocenters. The van der Waals surface area contributed by atoms with E-state index in [1.807, 2.05) is 26.8 Å². The van der Waals surface area contributed by atoms with Crippen molar-refractivity contribution in [3.05, 3.63) is 70.8 Å². The first-order valence-corrected chi connectivity index (χ1v) is 9.17. The van der Waals surface area contributed by atoms with E-state index >= 15 is 0 Å². The average molecular weight is 344 g/mol. The van der Waals surface area contributed by atoms with Gasteiger partial charge in [-0.2, -0.15) is 0 Å². The minimum Gasteiger partial charge on any atom is -0.504 e. The summed E-state index contributed by atoms with van der Waals surface area (Å²) in [6.07, 6.45) is 0.961. The van der Waals surface area contributed by atoms with E-state index in [4.69, 9.17) is 4.74 Å². The highest BCUT2D eigenvalue weighted by atomic mass is 16.5. The molecule has 3 aromatic carbocycles. The van der Waals surface area contributed by atoms with Gasteiger partial charge < -0.3 is 9.84 Å². The first kappa shape index (κ1) is 16.7. The molecule has 0 saturated heterocycles. The van der Waals surface area contributed by atoms with E-state index in [1.54, 1.807) is 0 Å². The van der Waals surface area contributed by atoms with Gasteiger partial charge in [-0.25, -0.2) is 0 Å². The molecule has 132 valence electrons. The van der Waals surface area contributed by atoms with Gasteiger partial charge in [0.15, 0.2) is 11.5 Å². The number of aryl methyl sites for hydroxylation is 1. The lowest BCUT2D eigenvalue weighted by molar-refractivity contribution is 0.230. The van der Waals surface area contributed by atoms with Crippen molar-refractivity contribution in [2.75, 3.05) is 0 Å². The molecule has 0 aliphatic heterocycles. The molecule has 0 spiro atoms. The van der Waals surface area contributed by atoms with Crippen LogP contribution in [0.2, 0.25) is 0 Å². The molecular formula is C24H24O2. The van der Waals surface area contributed by atoms with Crippen molar-refractivity contribution in [1.82, 2.24) is 0 Å². The Bertz CT molecular complexity index is 999. The zero-order valence-electron chi connectivity index (χ0n) is 15.8. The van der Waals surface area contributed by atoms with Crippen LogP contribution in [0.25, 0.3) is 22.3 Å². The highest BCUT2D eigenvalue weighted by Crippen LogP contribution is 2.46. The number of hydrogen-bond acceptors (Lipinski definition) is 2. The van der Waals surface area contributed by atoms with Gasteiger partial charge in [-0.1, -0.05) is 42.5 Å². The largest absolute Gasteiger partial charge is 0.504 e. The first-order chi connectivity index (χ1) is 12.5. The third kappa shape index (κ3) is 2.57. The maximum atomic E-state index is 10.4. The summed E-state index contributed by atoms with van der Waals surface area (Å²) in [4.78, 5) is 0. The maximum Gasteiger partial charge on any atom is 0.164 e. The van der Waals surface area contributed by atoms with Crippen molar-refractivity contribution in [2.45, 2.75) is 40.2 Å². The molecule has 0 aromatic heterocycles. The summed E-state index contributed by atoms with van der Waals surface area (Å²) in [5.74, 6) is 0.807. The Hall–Kier alpha value is -2.74. The molecule has 0 amide bonds. The SMILES string of the molecule is Cc1cc(O)c(OC(C)C)c(C)c1-c1cccc2c1Cc1ccccc1-2. The van der Waals surface area contributed by atoms with Crippen molar-refractivity contribution in [3.8, 4) is 33.8 Å². The molecule has 0 heterocycles. The maximum absolute atomic E-state index is 10.4. The number of aromatic hydroxyl groups is 1. The zero-order valence-corrected chi connectivity index (χ0v) is 15.8. The van der Waals surface area contributed by atoms with Crippen molar-refractivity contribution in [3.63, 3.8) is 0 Å². The molecule has 3 aromatic rings. The van der Waals surface area contributed by atoms with Crippen LogP contribution in [-0.4, -0.2) is 11.2 Å². The molecule has 2 nitrogen and oxygen atoms in total. The van der Waals surface area contributed by atoms with Gasteiger partial charge in [0.25, 0.3) is 0 Å². The van der Waals surface area contributed by atoms with E-state index in [1.165, 1.54) is 33.4 Å². The summed E-state index contributed by atoms with van der Waals surface area (Å²) in [6.45, 7) is 8.06. The van der Waals surface area contributed by atoms with E-state index < -0.39 is 0 Å². The van der Waals surface area contributed by atoms with Crippen LogP contribution in [0.15, 0.2) is 48.5 Å². The number of benzene rings is 3. The van der Waals surface area contributed by atoms with Gasteiger partial charge in [-0.15, -0.1) is 0 Å². The van der Waals surface area contributed by atoms with Crippen molar-refractivity contribution < 1.29 is 9.84 Å². The standard InChI is InChI=1S/C24H24O2/c1-14(2)26-24-16(4)23(15(3)12-22(24)25)20-11-7-10-19-18-9-6-5-8-17(18)13-21(19)20/h5-12,14,25H,13H2,1-4H3. The Balaban J connectivity index is 1.93. The van der Waals surface area contributed by atoms with Crippen LogP contribution in [0.4, 0.5) is 0 Å². The molecule has 2 heteroatoms. The fraction of sp³-hybridized carbons (Fsp3) is 0.250. The molecule has 0 unspecified atom stereocenters. The summed E-state index contributed by atoms with van der Waals surface area (Å²) in [5.41, 5.74) is 9.86. The lowest BCUT2D eigenvalue weighted by Gasteiger charge is -2.20. The lowest BCUT2D eigenvalue weighted by Crippen LogP contribution is -2.08. The van der Waals surface area contributed by atoms with E-state index in [0.717, 1.165) is 17.5 Å². The van der Waals surface area contributed by atoms with E-state index in [2.05, 4.69) is 49.4 Å². The molecular weight excluding hydrogens is 320 g/mol. The number of fused-ring (bicyclic) bond motifs is 3. The fourth-order valence-electron chi connectivity index (χ4n) is 4.13. The Morgan fingerprint density at radius 2 is 1.62 bits per heavy atom. The number of phenols is 1. The summed E-state index contributed by atoms with van der Waals surface area (Å²) >= 11 is 0. The third-order valence-electron chi connectivity index (χ3n) is 5.17. The number of phenolic OH excluding ortho intramolecular Hbond substituents is 1. The van der Waals surface area contributed by atoms with Crippen molar-refractivity contribution in [2.24, 2.45) is 0 Å². The number of ether oxygens (including phenoxy) is 1. The highest BCUT2D eigenvalue weighted by Gasteiger charge is 2.24. The van der Waals surface area contributed by atoms with E-state index in [0.29, 0.717) is 5.75 Å². The van der Waals surface area contributed by atoms with Crippen LogP contribution < -0.4 is 4.74 Å². The Morgan fingerprint density at radius 3 is 2.38 bits per heavy atom. The van der Waals surface area contributed by atoms with E-state index in [-0.39, 0.29) is 11.9 Å². The van der Waals surface area contributed by atoms with Gasteiger partial charge in [0.05, 0.1) is 6.10 Å². The summed E-state index contributed by atoms with van der Waals surface area (Å²) < 4.78 is 5.92. The molecule has 4 rings (SSSR count). The Labute approximate surface area is 155 Å². The molecule has 0 bridgehead atoms. The fourth-order valence-corrected chi connectivity index (χ4v) is 4.13. The number of hydrogen-bond donors (Lipinski definition) is 1. The Kier molecular flexibility index (Phi) is 3.99. The summed E-state index contributed by atoms with van der Waals surface area (Å²) in [7, 11) is 0. The van der Waals surface area contributed by atoms with E-state index in [9.17, 15) is 5.11 Å². The normalized spacial score (nSPS) is 12.2. The summed E-state index contributed by atoms with van der Waals surface area (Å²) in [5, 5.41) is 10.4. The first-order valence-electron chi connectivity index (χ1n) is 9.17. The minimum absolute atomic E-state index is 0.0147. The van der Waals surface area contributed by atoms with Gasteiger partial charge in [0, 0.05) is 5.56 Å². The predicted molar refractivity (Wildman–Crippen MR) is 107 cm³/mol. The average Bonchev–Trinajstić information content (AvgIpc) is 2.98. The van der Waals surface area contributed by atoms with Gasteiger partial charge in [0.1, 0.15) is 0 Å². The monoisotopic (exact) mass is 344 g/mol. The minimum atomic E-state index is 0.0147. The second-order valence-corrected chi connectivity index (χ2v) is 7.37. The Morgan fingerprint density at radius 1 is 0.923 bits per heavy atom. The van der Waals surface area contributed by atoms with Crippen molar-refractivity contribution >= 4 is 0 Å². The quantitative estimate of drug-likeness (QED) is 0.491. The highest BCUT2D eigenvalue weighted by molar-refractivity contribution is 5.87. The zero-order chi connectivity index (χ0) is 18.4. The van der Waals surface area contributed by atoms with Crippen LogP contribution >= 0.6 is 0 Å². The molecule has 0 saturated carbocycles. The van der Waals surface area contributed by atoms with Crippen LogP contribution in [0.3, 0.4) is 0 Å². The van der Waals surface area contributed by atoms with Crippen LogP contribution in [0, 0.1) is 13.8 Å². The van der Waals surface area contributed by atoms with Gasteiger partial charge in [-0.3, -0.25) is 0 Å². The van der Waals surface area contributed by atoms with Gasteiger partial charge in [0.2, 0.25) is 0 Å². The second-order valence-electron chi connectivity index (χ2n) is 7.37. The van der Waals surface area contributed by atoms with Crippen LogP contribution in [-0.2, 0) is 6.42 Å². The van der Waals surface area contributed by atoms with Crippen LogP contribution in [0.1, 0.15) is 36.1 Å².